The lowest BCUT2D eigenvalue weighted by molar-refractivity contribution is -0.139. The molecule has 0 saturated carbocycles. The predicted octanol–water partition coefficient (Wildman–Crippen LogP) is 1.51. The molecule has 2 rings (SSSR count). The van der Waals surface area contributed by atoms with Gasteiger partial charge in [0, 0.05) is 12.1 Å². The Labute approximate surface area is 119 Å². The maximum Gasteiger partial charge on any atom is 0.224 e. The molecule has 0 radical (unpaired) electrons. The molecule has 5 nitrogen and oxygen atoms in total. The Morgan fingerprint density at radius 3 is 2.85 bits per heavy atom. The number of carbonyl (C=O) groups excluding carboxylic acids is 1. The van der Waals surface area contributed by atoms with Crippen molar-refractivity contribution in [2.24, 2.45) is 0 Å². The minimum atomic E-state index is -0.557. The largest absolute Gasteiger partial charge is 0.496 e. The fourth-order valence-electron chi connectivity index (χ4n) is 2.18. The molecule has 0 aromatic heterocycles. The molecule has 110 valence electrons. The summed E-state index contributed by atoms with van der Waals surface area (Å²) in [5.74, 6) is 0.116. The molecule has 1 heterocycles. The number of benzene rings is 1. The molecule has 0 bridgehead atoms. The first kappa shape index (κ1) is 14.8. The standard InChI is InChI=1S/C15H21NO4/c1-15(2)19-10-12(20-15)9-16-14(17)8-11-6-4-5-7-13(11)18-3/h4-7,12H,8-10H2,1-3H3,(H,16,17). The SMILES string of the molecule is COc1ccccc1CC(=O)NCC1COC(C)(C)O1. The zero-order valence-electron chi connectivity index (χ0n) is 12.1. The summed E-state index contributed by atoms with van der Waals surface area (Å²) in [6.07, 6.45) is 0.202. The molecule has 20 heavy (non-hydrogen) atoms. The molecule has 1 unspecified atom stereocenters. The van der Waals surface area contributed by atoms with E-state index < -0.39 is 5.79 Å². The summed E-state index contributed by atoms with van der Waals surface area (Å²) in [6, 6.07) is 7.50. The van der Waals surface area contributed by atoms with E-state index in [-0.39, 0.29) is 12.0 Å². The van der Waals surface area contributed by atoms with Crippen LogP contribution < -0.4 is 10.1 Å². The minimum absolute atomic E-state index is 0.0530. The molecule has 1 aromatic carbocycles. The van der Waals surface area contributed by atoms with Crippen molar-refractivity contribution in [2.45, 2.75) is 32.2 Å². The van der Waals surface area contributed by atoms with Crippen molar-refractivity contribution in [3.8, 4) is 5.75 Å². The molecule has 5 heteroatoms. The summed E-state index contributed by atoms with van der Waals surface area (Å²) in [6.45, 7) is 4.69. The second-order valence-corrected chi connectivity index (χ2v) is 5.24. The van der Waals surface area contributed by atoms with E-state index in [4.69, 9.17) is 14.2 Å². The van der Waals surface area contributed by atoms with E-state index in [1.807, 2.05) is 38.1 Å². The van der Waals surface area contributed by atoms with Crippen molar-refractivity contribution in [1.82, 2.24) is 5.32 Å². The van der Waals surface area contributed by atoms with Crippen LogP contribution in [0.4, 0.5) is 0 Å². The molecular weight excluding hydrogens is 258 g/mol. The van der Waals surface area contributed by atoms with Gasteiger partial charge < -0.3 is 19.5 Å². The molecule has 1 fully saturated rings. The number of nitrogens with one attached hydrogen (secondary N) is 1. The van der Waals surface area contributed by atoms with Gasteiger partial charge in [0.15, 0.2) is 5.79 Å². The van der Waals surface area contributed by atoms with Gasteiger partial charge in [-0.2, -0.15) is 0 Å². The number of methoxy groups -OCH3 is 1. The third kappa shape index (κ3) is 3.95. The first-order valence-corrected chi connectivity index (χ1v) is 6.70. The van der Waals surface area contributed by atoms with E-state index in [9.17, 15) is 4.79 Å². The van der Waals surface area contributed by atoms with Crippen molar-refractivity contribution < 1.29 is 19.0 Å². The lowest BCUT2D eigenvalue weighted by Gasteiger charge is -2.17. The van der Waals surface area contributed by atoms with E-state index in [2.05, 4.69) is 5.32 Å². The highest BCUT2D eigenvalue weighted by Crippen LogP contribution is 2.22. The second kappa shape index (κ2) is 6.24. The molecule has 1 amide bonds. The summed E-state index contributed by atoms with van der Waals surface area (Å²) < 4.78 is 16.3. The van der Waals surface area contributed by atoms with Crippen LogP contribution in [-0.4, -0.2) is 38.1 Å². The van der Waals surface area contributed by atoms with Gasteiger partial charge in [0.05, 0.1) is 20.1 Å². The van der Waals surface area contributed by atoms with Crippen molar-refractivity contribution in [3.63, 3.8) is 0 Å². The van der Waals surface area contributed by atoms with Crippen LogP contribution in [0.3, 0.4) is 0 Å². The maximum absolute atomic E-state index is 11.9. The van der Waals surface area contributed by atoms with Gasteiger partial charge in [0.1, 0.15) is 11.9 Å². The van der Waals surface area contributed by atoms with E-state index in [1.165, 1.54) is 0 Å². The summed E-state index contributed by atoms with van der Waals surface area (Å²) in [5, 5.41) is 2.86. The number of ether oxygens (including phenoxy) is 3. The van der Waals surface area contributed by atoms with Crippen molar-refractivity contribution in [1.29, 1.82) is 0 Å². The maximum atomic E-state index is 11.9. The Hall–Kier alpha value is -1.59. The van der Waals surface area contributed by atoms with Crippen molar-refractivity contribution in [2.75, 3.05) is 20.3 Å². The first-order chi connectivity index (χ1) is 9.50. The fourth-order valence-corrected chi connectivity index (χ4v) is 2.18. The van der Waals surface area contributed by atoms with Crippen LogP contribution in [0, 0.1) is 0 Å². The van der Waals surface area contributed by atoms with E-state index >= 15 is 0 Å². The average Bonchev–Trinajstić information content (AvgIpc) is 2.77. The number of para-hydroxylation sites is 1. The van der Waals surface area contributed by atoms with Gasteiger partial charge in [0.25, 0.3) is 0 Å². The molecule has 1 N–H and O–H groups in total. The lowest BCUT2D eigenvalue weighted by atomic mass is 10.1. The summed E-state index contributed by atoms with van der Waals surface area (Å²) in [7, 11) is 1.60. The third-order valence-corrected chi connectivity index (χ3v) is 3.14. The summed E-state index contributed by atoms with van der Waals surface area (Å²) >= 11 is 0. The molecular formula is C15H21NO4. The van der Waals surface area contributed by atoms with Gasteiger partial charge in [0.2, 0.25) is 5.91 Å². The highest BCUT2D eigenvalue weighted by atomic mass is 16.7. The predicted molar refractivity (Wildman–Crippen MR) is 74.6 cm³/mol. The van der Waals surface area contributed by atoms with Gasteiger partial charge in [-0.05, 0) is 19.9 Å². The molecule has 0 aliphatic carbocycles. The third-order valence-electron chi connectivity index (χ3n) is 3.14. The van der Waals surface area contributed by atoms with E-state index in [1.54, 1.807) is 7.11 Å². The number of amides is 1. The highest BCUT2D eigenvalue weighted by Gasteiger charge is 2.32. The Morgan fingerprint density at radius 1 is 1.45 bits per heavy atom. The second-order valence-electron chi connectivity index (χ2n) is 5.24. The van der Waals surface area contributed by atoms with Gasteiger partial charge in [-0.3, -0.25) is 4.79 Å². The van der Waals surface area contributed by atoms with Crippen LogP contribution in [0.2, 0.25) is 0 Å². The molecule has 1 aromatic rings. The van der Waals surface area contributed by atoms with Gasteiger partial charge in [-0.15, -0.1) is 0 Å². The minimum Gasteiger partial charge on any atom is -0.496 e. The number of carbonyl (C=O) groups is 1. The molecule has 1 aliphatic heterocycles. The first-order valence-electron chi connectivity index (χ1n) is 6.70. The van der Waals surface area contributed by atoms with Gasteiger partial charge in [-0.25, -0.2) is 0 Å². The highest BCUT2D eigenvalue weighted by molar-refractivity contribution is 5.79. The monoisotopic (exact) mass is 279 g/mol. The summed E-state index contributed by atoms with van der Waals surface area (Å²) in [5.41, 5.74) is 0.872. The fraction of sp³-hybridized carbons (Fsp3) is 0.533. The Kier molecular flexibility index (Phi) is 4.62. The zero-order valence-corrected chi connectivity index (χ0v) is 12.1. The van der Waals surface area contributed by atoms with Crippen LogP contribution in [0.5, 0.6) is 5.75 Å². The normalized spacial score (nSPS) is 20.6. The number of hydrogen-bond acceptors (Lipinski definition) is 4. The molecule has 0 spiro atoms. The average molecular weight is 279 g/mol. The quantitative estimate of drug-likeness (QED) is 0.887. The smallest absolute Gasteiger partial charge is 0.224 e. The number of hydrogen-bond donors (Lipinski definition) is 1. The Morgan fingerprint density at radius 2 is 2.20 bits per heavy atom. The molecule has 1 aliphatic rings. The number of rotatable bonds is 5. The van der Waals surface area contributed by atoms with Crippen molar-refractivity contribution >= 4 is 5.91 Å². The van der Waals surface area contributed by atoms with Crippen LogP contribution in [0.1, 0.15) is 19.4 Å². The van der Waals surface area contributed by atoms with Gasteiger partial charge >= 0.3 is 0 Å². The Balaban J connectivity index is 1.81. The zero-order chi connectivity index (χ0) is 14.6. The van der Waals surface area contributed by atoms with Crippen LogP contribution >= 0.6 is 0 Å². The molecule has 1 saturated heterocycles. The van der Waals surface area contributed by atoms with Crippen molar-refractivity contribution in [3.05, 3.63) is 29.8 Å². The van der Waals surface area contributed by atoms with Crippen LogP contribution in [0.15, 0.2) is 24.3 Å². The van der Waals surface area contributed by atoms with Gasteiger partial charge in [-0.1, -0.05) is 18.2 Å². The molecule has 1 atom stereocenters. The topological polar surface area (TPSA) is 56.8 Å². The van der Waals surface area contributed by atoms with E-state index in [0.29, 0.717) is 19.6 Å². The Bertz CT molecular complexity index is 473. The lowest BCUT2D eigenvalue weighted by Crippen LogP contribution is -2.35. The summed E-state index contributed by atoms with van der Waals surface area (Å²) in [4.78, 5) is 11.9. The van der Waals surface area contributed by atoms with E-state index in [0.717, 1.165) is 11.3 Å². The van der Waals surface area contributed by atoms with Crippen LogP contribution in [-0.2, 0) is 20.7 Å². The van der Waals surface area contributed by atoms with Crippen LogP contribution in [0.25, 0.3) is 0 Å².